The lowest BCUT2D eigenvalue weighted by atomic mass is 10.1. The van der Waals surface area contributed by atoms with Gasteiger partial charge in [0, 0.05) is 36.7 Å². The van der Waals surface area contributed by atoms with Crippen LogP contribution in [0.2, 0.25) is 0 Å². The molecule has 0 atom stereocenters. The fourth-order valence-electron chi connectivity index (χ4n) is 4.02. The van der Waals surface area contributed by atoms with Gasteiger partial charge < -0.3 is 20.9 Å². The number of urea groups is 1. The molecule has 0 aliphatic carbocycles. The zero-order chi connectivity index (χ0) is 23.0. The number of rotatable bonds is 7. The Hall–Kier alpha value is -3.80. The van der Waals surface area contributed by atoms with E-state index in [1.165, 1.54) is 5.56 Å². The van der Waals surface area contributed by atoms with Gasteiger partial charge in [-0.05, 0) is 62.1 Å². The Morgan fingerprint density at radius 1 is 0.848 bits per heavy atom. The molecule has 1 heterocycles. The first-order chi connectivity index (χ1) is 16.1. The summed E-state index contributed by atoms with van der Waals surface area (Å²) in [7, 11) is 0. The molecule has 0 saturated carbocycles. The van der Waals surface area contributed by atoms with E-state index in [4.69, 9.17) is 0 Å². The zero-order valence-corrected chi connectivity index (χ0v) is 18.9. The summed E-state index contributed by atoms with van der Waals surface area (Å²) in [6, 6.07) is 22.9. The van der Waals surface area contributed by atoms with Gasteiger partial charge in [0.1, 0.15) is 0 Å². The number of aryl methyl sites for hydroxylation is 1. The van der Waals surface area contributed by atoms with Crippen LogP contribution in [0.1, 0.15) is 34.3 Å². The van der Waals surface area contributed by atoms with E-state index < -0.39 is 0 Å². The summed E-state index contributed by atoms with van der Waals surface area (Å²) < 4.78 is 0. The summed E-state index contributed by atoms with van der Waals surface area (Å²) in [4.78, 5) is 27.8. The molecule has 33 heavy (non-hydrogen) atoms. The molecule has 6 heteroatoms. The number of carbonyl (C=O) groups excluding carboxylic acids is 2. The van der Waals surface area contributed by atoms with Gasteiger partial charge in [0.15, 0.2) is 0 Å². The molecule has 1 aliphatic heterocycles. The molecular weight excluding hydrogens is 412 g/mol. The molecule has 3 amide bonds. The van der Waals surface area contributed by atoms with E-state index in [9.17, 15) is 9.59 Å². The van der Waals surface area contributed by atoms with E-state index in [0.717, 1.165) is 43.6 Å². The fourth-order valence-corrected chi connectivity index (χ4v) is 4.02. The third-order valence-electron chi connectivity index (χ3n) is 5.80. The lowest BCUT2D eigenvalue weighted by molar-refractivity contribution is 0.0954. The van der Waals surface area contributed by atoms with E-state index >= 15 is 0 Å². The SMILES string of the molecule is Cc1ccc(NC(=O)Nc2ccc(N3CCCC3)c(C(=O)NCCc3ccccc3)c2)cc1. The molecule has 3 N–H and O–H groups in total. The van der Waals surface area contributed by atoms with Crippen molar-refractivity contribution >= 4 is 29.0 Å². The predicted molar refractivity (Wildman–Crippen MR) is 134 cm³/mol. The molecule has 3 aromatic carbocycles. The van der Waals surface area contributed by atoms with Crippen LogP contribution in [-0.2, 0) is 6.42 Å². The maximum atomic E-state index is 13.1. The Balaban J connectivity index is 1.45. The number of benzene rings is 3. The van der Waals surface area contributed by atoms with Crippen molar-refractivity contribution in [3.63, 3.8) is 0 Å². The number of nitrogens with one attached hydrogen (secondary N) is 3. The van der Waals surface area contributed by atoms with Crippen molar-refractivity contribution in [3.8, 4) is 0 Å². The molecule has 1 saturated heterocycles. The van der Waals surface area contributed by atoms with Gasteiger partial charge in [0.05, 0.1) is 5.56 Å². The van der Waals surface area contributed by atoms with Crippen LogP contribution in [-0.4, -0.2) is 31.6 Å². The van der Waals surface area contributed by atoms with Crippen molar-refractivity contribution in [2.24, 2.45) is 0 Å². The largest absolute Gasteiger partial charge is 0.371 e. The monoisotopic (exact) mass is 442 g/mol. The van der Waals surface area contributed by atoms with Crippen molar-refractivity contribution in [2.75, 3.05) is 35.2 Å². The smallest absolute Gasteiger partial charge is 0.323 e. The Kier molecular flexibility index (Phi) is 7.25. The average molecular weight is 443 g/mol. The number of carbonyl (C=O) groups is 2. The molecule has 3 aromatic rings. The number of hydrogen-bond acceptors (Lipinski definition) is 3. The van der Waals surface area contributed by atoms with Crippen molar-refractivity contribution in [2.45, 2.75) is 26.2 Å². The second-order valence-electron chi connectivity index (χ2n) is 8.36. The quantitative estimate of drug-likeness (QED) is 0.470. The van der Waals surface area contributed by atoms with Crippen LogP contribution in [0, 0.1) is 6.92 Å². The Morgan fingerprint density at radius 2 is 1.52 bits per heavy atom. The molecule has 0 bridgehead atoms. The molecule has 0 radical (unpaired) electrons. The van der Waals surface area contributed by atoms with Crippen LogP contribution in [0.4, 0.5) is 21.9 Å². The number of nitrogens with zero attached hydrogens (tertiary/aromatic N) is 1. The Morgan fingerprint density at radius 3 is 2.24 bits per heavy atom. The Labute approximate surface area is 195 Å². The molecule has 6 nitrogen and oxygen atoms in total. The van der Waals surface area contributed by atoms with Crippen LogP contribution in [0.15, 0.2) is 72.8 Å². The highest BCUT2D eigenvalue weighted by Crippen LogP contribution is 2.27. The van der Waals surface area contributed by atoms with Gasteiger partial charge in [0.25, 0.3) is 5.91 Å². The van der Waals surface area contributed by atoms with E-state index in [0.29, 0.717) is 23.5 Å². The average Bonchev–Trinajstić information content (AvgIpc) is 3.36. The highest BCUT2D eigenvalue weighted by molar-refractivity contribution is 6.04. The second kappa shape index (κ2) is 10.7. The molecule has 0 aromatic heterocycles. The standard InChI is InChI=1S/C27H30N4O2/c1-20-9-11-22(12-10-20)29-27(33)30-23-13-14-25(31-17-5-6-18-31)24(19-23)26(32)28-16-15-21-7-3-2-4-8-21/h2-4,7-14,19H,5-6,15-18H2,1H3,(H,28,32)(H2,29,30,33). The molecular formula is C27H30N4O2. The number of amides is 3. The zero-order valence-electron chi connectivity index (χ0n) is 18.9. The minimum atomic E-state index is -0.344. The van der Waals surface area contributed by atoms with E-state index in [1.807, 2.05) is 61.5 Å². The molecule has 1 aliphatic rings. The minimum Gasteiger partial charge on any atom is -0.371 e. The van der Waals surface area contributed by atoms with Crippen molar-refractivity contribution in [1.82, 2.24) is 5.32 Å². The van der Waals surface area contributed by atoms with Gasteiger partial charge in [0.2, 0.25) is 0 Å². The topological polar surface area (TPSA) is 73.5 Å². The number of anilines is 3. The van der Waals surface area contributed by atoms with E-state index in [2.05, 4.69) is 33.0 Å². The van der Waals surface area contributed by atoms with Crippen LogP contribution in [0.5, 0.6) is 0 Å². The first kappa shape index (κ1) is 22.4. The van der Waals surface area contributed by atoms with Gasteiger partial charge in [-0.3, -0.25) is 4.79 Å². The molecule has 170 valence electrons. The summed E-state index contributed by atoms with van der Waals surface area (Å²) in [6.07, 6.45) is 3.00. The normalized spacial score (nSPS) is 12.9. The van der Waals surface area contributed by atoms with Gasteiger partial charge in [-0.1, -0.05) is 48.0 Å². The minimum absolute atomic E-state index is 0.129. The molecule has 0 spiro atoms. The molecule has 0 unspecified atom stereocenters. The van der Waals surface area contributed by atoms with E-state index in [1.54, 1.807) is 6.07 Å². The third-order valence-corrected chi connectivity index (χ3v) is 5.80. The fraction of sp³-hybridized carbons (Fsp3) is 0.259. The first-order valence-electron chi connectivity index (χ1n) is 11.4. The lowest BCUT2D eigenvalue weighted by Crippen LogP contribution is -2.29. The van der Waals surface area contributed by atoms with Crippen LogP contribution < -0.4 is 20.9 Å². The summed E-state index contributed by atoms with van der Waals surface area (Å²) in [5, 5.41) is 8.72. The van der Waals surface area contributed by atoms with Crippen LogP contribution in [0.3, 0.4) is 0 Å². The summed E-state index contributed by atoms with van der Waals surface area (Å²) >= 11 is 0. The van der Waals surface area contributed by atoms with Gasteiger partial charge in [-0.25, -0.2) is 4.79 Å². The maximum Gasteiger partial charge on any atom is 0.323 e. The highest BCUT2D eigenvalue weighted by atomic mass is 16.2. The Bertz CT molecular complexity index is 1090. The third kappa shape index (κ3) is 6.13. The van der Waals surface area contributed by atoms with Crippen LogP contribution >= 0.6 is 0 Å². The van der Waals surface area contributed by atoms with Crippen molar-refractivity contribution < 1.29 is 9.59 Å². The van der Waals surface area contributed by atoms with Crippen molar-refractivity contribution in [3.05, 3.63) is 89.5 Å². The van der Waals surface area contributed by atoms with Gasteiger partial charge in [-0.15, -0.1) is 0 Å². The highest BCUT2D eigenvalue weighted by Gasteiger charge is 2.20. The summed E-state index contributed by atoms with van der Waals surface area (Å²) in [6.45, 7) is 4.42. The van der Waals surface area contributed by atoms with Crippen molar-refractivity contribution in [1.29, 1.82) is 0 Å². The van der Waals surface area contributed by atoms with E-state index in [-0.39, 0.29) is 11.9 Å². The van der Waals surface area contributed by atoms with Crippen LogP contribution in [0.25, 0.3) is 0 Å². The van der Waals surface area contributed by atoms with Gasteiger partial charge in [-0.2, -0.15) is 0 Å². The first-order valence-corrected chi connectivity index (χ1v) is 11.4. The maximum absolute atomic E-state index is 13.1. The van der Waals surface area contributed by atoms with Gasteiger partial charge >= 0.3 is 6.03 Å². The molecule has 4 rings (SSSR count). The second-order valence-corrected chi connectivity index (χ2v) is 8.36. The summed E-state index contributed by atoms with van der Waals surface area (Å²) in [5.74, 6) is -0.129. The number of hydrogen-bond donors (Lipinski definition) is 3. The predicted octanol–water partition coefficient (Wildman–Crippen LogP) is 5.21. The summed E-state index contributed by atoms with van der Waals surface area (Å²) in [5.41, 5.74) is 5.09. The lowest BCUT2D eigenvalue weighted by Gasteiger charge is -2.22. The molecule has 1 fully saturated rings.